The standard InChI is InChI=1S/C11H21NO3/c1-12(11(14)15-2)10-5-3-9(4-6-10)7-8-13/h9-10,13H,3-8H2,1-2H3. The maximum Gasteiger partial charge on any atom is 0.409 e. The van der Waals surface area contributed by atoms with Gasteiger partial charge in [0.25, 0.3) is 0 Å². The quantitative estimate of drug-likeness (QED) is 0.778. The monoisotopic (exact) mass is 215 g/mol. The molecule has 4 heteroatoms. The van der Waals surface area contributed by atoms with Gasteiger partial charge in [-0.1, -0.05) is 0 Å². The van der Waals surface area contributed by atoms with Gasteiger partial charge in [-0.05, 0) is 38.0 Å². The minimum absolute atomic E-state index is 0.249. The molecule has 0 unspecified atom stereocenters. The molecule has 0 aromatic rings. The molecule has 4 nitrogen and oxygen atoms in total. The van der Waals surface area contributed by atoms with Gasteiger partial charge in [0.05, 0.1) is 7.11 Å². The van der Waals surface area contributed by atoms with Crippen LogP contribution in [-0.2, 0) is 4.74 Å². The number of ether oxygens (including phenoxy) is 1. The highest BCUT2D eigenvalue weighted by atomic mass is 16.5. The molecule has 0 aliphatic heterocycles. The van der Waals surface area contributed by atoms with Crippen LogP contribution in [0.2, 0.25) is 0 Å². The lowest BCUT2D eigenvalue weighted by molar-refractivity contribution is 0.0985. The van der Waals surface area contributed by atoms with Crippen LogP contribution in [0.15, 0.2) is 0 Å². The van der Waals surface area contributed by atoms with E-state index >= 15 is 0 Å². The third kappa shape index (κ3) is 3.38. The first-order chi connectivity index (χ1) is 7.19. The smallest absolute Gasteiger partial charge is 0.409 e. The highest BCUT2D eigenvalue weighted by molar-refractivity contribution is 5.67. The Kier molecular flexibility index (Phi) is 4.88. The average Bonchev–Trinajstić information content (AvgIpc) is 2.28. The number of aliphatic hydroxyl groups is 1. The second-order valence-corrected chi connectivity index (χ2v) is 4.27. The molecule has 1 aliphatic rings. The molecule has 0 aromatic carbocycles. The largest absolute Gasteiger partial charge is 0.453 e. The number of carbonyl (C=O) groups is 1. The van der Waals surface area contributed by atoms with E-state index in [1.54, 1.807) is 11.9 Å². The zero-order valence-corrected chi connectivity index (χ0v) is 9.61. The van der Waals surface area contributed by atoms with Crippen molar-refractivity contribution in [3.63, 3.8) is 0 Å². The Labute approximate surface area is 91.2 Å². The van der Waals surface area contributed by atoms with Crippen LogP contribution in [0, 0.1) is 5.92 Å². The number of amides is 1. The first kappa shape index (κ1) is 12.3. The Morgan fingerprint density at radius 3 is 2.47 bits per heavy atom. The van der Waals surface area contributed by atoms with Crippen LogP contribution in [0.1, 0.15) is 32.1 Å². The summed E-state index contributed by atoms with van der Waals surface area (Å²) >= 11 is 0. The van der Waals surface area contributed by atoms with Gasteiger partial charge in [0.1, 0.15) is 0 Å². The van der Waals surface area contributed by atoms with Crippen LogP contribution in [0.5, 0.6) is 0 Å². The Balaban J connectivity index is 2.33. The SMILES string of the molecule is COC(=O)N(C)C1CCC(CCO)CC1. The van der Waals surface area contributed by atoms with E-state index in [-0.39, 0.29) is 12.7 Å². The third-order valence-corrected chi connectivity index (χ3v) is 3.36. The molecule has 0 saturated heterocycles. The number of carbonyl (C=O) groups excluding carboxylic acids is 1. The van der Waals surface area contributed by atoms with Crippen molar-refractivity contribution in [1.82, 2.24) is 4.90 Å². The molecule has 0 aromatic heterocycles. The van der Waals surface area contributed by atoms with Crippen LogP contribution in [0.25, 0.3) is 0 Å². The van der Waals surface area contributed by atoms with Gasteiger partial charge in [0.2, 0.25) is 0 Å². The molecule has 1 aliphatic carbocycles. The van der Waals surface area contributed by atoms with Gasteiger partial charge in [0.15, 0.2) is 0 Å². The summed E-state index contributed by atoms with van der Waals surface area (Å²) in [6, 6.07) is 0.312. The van der Waals surface area contributed by atoms with Crippen molar-refractivity contribution in [1.29, 1.82) is 0 Å². The molecule has 1 fully saturated rings. The summed E-state index contributed by atoms with van der Waals surface area (Å²) in [6.07, 6.45) is 4.90. The lowest BCUT2D eigenvalue weighted by Gasteiger charge is -2.33. The lowest BCUT2D eigenvalue weighted by atomic mass is 9.84. The molecule has 1 rings (SSSR count). The summed E-state index contributed by atoms with van der Waals surface area (Å²) in [7, 11) is 3.21. The zero-order valence-electron chi connectivity index (χ0n) is 9.61. The van der Waals surface area contributed by atoms with E-state index in [0.29, 0.717) is 12.0 Å². The molecule has 1 N–H and O–H groups in total. The summed E-state index contributed by atoms with van der Waals surface area (Å²) in [5.74, 6) is 0.636. The highest BCUT2D eigenvalue weighted by Gasteiger charge is 2.26. The summed E-state index contributed by atoms with van der Waals surface area (Å²) < 4.78 is 4.69. The molecule has 1 amide bonds. The molecule has 0 spiro atoms. The van der Waals surface area contributed by atoms with E-state index < -0.39 is 0 Å². The van der Waals surface area contributed by atoms with E-state index in [4.69, 9.17) is 5.11 Å². The normalized spacial score (nSPS) is 26.1. The molecule has 0 bridgehead atoms. The summed E-state index contributed by atoms with van der Waals surface area (Å²) in [5, 5.41) is 8.84. The number of aliphatic hydroxyl groups excluding tert-OH is 1. The molecular weight excluding hydrogens is 194 g/mol. The molecule has 15 heavy (non-hydrogen) atoms. The Bertz CT molecular complexity index is 200. The van der Waals surface area contributed by atoms with Crippen LogP contribution in [-0.4, -0.2) is 42.9 Å². The fraction of sp³-hybridized carbons (Fsp3) is 0.909. The second kappa shape index (κ2) is 5.95. The van der Waals surface area contributed by atoms with Crippen molar-refractivity contribution in [3.05, 3.63) is 0 Å². The molecule has 88 valence electrons. The van der Waals surface area contributed by atoms with Crippen LogP contribution >= 0.6 is 0 Å². The van der Waals surface area contributed by atoms with Gasteiger partial charge in [-0.25, -0.2) is 4.79 Å². The average molecular weight is 215 g/mol. The van der Waals surface area contributed by atoms with Crippen LogP contribution < -0.4 is 0 Å². The maximum atomic E-state index is 11.3. The first-order valence-electron chi connectivity index (χ1n) is 5.60. The first-order valence-corrected chi connectivity index (χ1v) is 5.60. The van der Waals surface area contributed by atoms with E-state index in [1.165, 1.54) is 7.11 Å². The van der Waals surface area contributed by atoms with Gasteiger partial charge in [0, 0.05) is 19.7 Å². The second-order valence-electron chi connectivity index (χ2n) is 4.27. The van der Waals surface area contributed by atoms with Crippen molar-refractivity contribution < 1.29 is 14.6 Å². The van der Waals surface area contributed by atoms with Gasteiger partial charge in [-0.3, -0.25) is 0 Å². The maximum absolute atomic E-state index is 11.3. The van der Waals surface area contributed by atoms with Crippen molar-refractivity contribution >= 4 is 6.09 Å². The predicted octanol–water partition coefficient (Wildman–Crippen LogP) is 1.63. The molecule has 0 heterocycles. The molecular formula is C11H21NO3. The van der Waals surface area contributed by atoms with Gasteiger partial charge < -0.3 is 14.7 Å². The highest BCUT2D eigenvalue weighted by Crippen LogP contribution is 2.29. The van der Waals surface area contributed by atoms with Crippen LogP contribution in [0.4, 0.5) is 4.79 Å². The minimum Gasteiger partial charge on any atom is -0.453 e. The van der Waals surface area contributed by atoms with Gasteiger partial charge in [-0.15, -0.1) is 0 Å². The molecule has 0 atom stereocenters. The number of nitrogens with zero attached hydrogens (tertiary/aromatic N) is 1. The van der Waals surface area contributed by atoms with E-state index in [9.17, 15) is 4.79 Å². The Hall–Kier alpha value is -0.770. The molecule has 0 radical (unpaired) electrons. The Morgan fingerprint density at radius 2 is 2.00 bits per heavy atom. The van der Waals surface area contributed by atoms with Crippen molar-refractivity contribution in [2.45, 2.75) is 38.1 Å². The lowest BCUT2D eigenvalue weighted by Crippen LogP contribution is -2.39. The minimum atomic E-state index is -0.249. The summed E-state index contributed by atoms with van der Waals surface area (Å²) in [4.78, 5) is 13.0. The van der Waals surface area contributed by atoms with Gasteiger partial charge in [-0.2, -0.15) is 0 Å². The summed E-state index contributed by atoms with van der Waals surface area (Å²) in [5.41, 5.74) is 0. The van der Waals surface area contributed by atoms with Crippen molar-refractivity contribution in [2.75, 3.05) is 20.8 Å². The number of hydrogen-bond donors (Lipinski definition) is 1. The fourth-order valence-corrected chi connectivity index (χ4v) is 2.30. The van der Waals surface area contributed by atoms with E-state index in [2.05, 4.69) is 4.74 Å². The van der Waals surface area contributed by atoms with Crippen LogP contribution in [0.3, 0.4) is 0 Å². The third-order valence-electron chi connectivity index (χ3n) is 3.36. The van der Waals surface area contributed by atoms with Crippen molar-refractivity contribution in [3.8, 4) is 0 Å². The zero-order chi connectivity index (χ0) is 11.3. The number of hydrogen-bond acceptors (Lipinski definition) is 3. The summed E-state index contributed by atoms with van der Waals surface area (Å²) in [6.45, 7) is 0.280. The van der Waals surface area contributed by atoms with Gasteiger partial charge >= 0.3 is 6.09 Å². The van der Waals surface area contributed by atoms with Crippen molar-refractivity contribution in [2.24, 2.45) is 5.92 Å². The number of rotatable bonds is 3. The number of methoxy groups -OCH3 is 1. The Morgan fingerprint density at radius 1 is 1.40 bits per heavy atom. The predicted molar refractivity (Wildman–Crippen MR) is 57.6 cm³/mol. The topological polar surface area (TPSA) is 49.8 Å². The molecule has 1 saturated carbocycles. The van der Waals surface area contributed by atoms with E-state index in [0.717, 1.165) is 32.1 Å². The van der Waals surface area contributed by atoms with E-state index in [1.807, 2.05) is 0 Å². The fourth-order valence-electron chi connectivity index (χ4n) is 2.30.